The number of aromatic nitrogens is 1. The zero-order valence-corrected chi connectivity index (χ0v) is 13.2. The van der Waals surface area contributed by atoms with Gasteiger partial charge in [0.05, 0.1) is 10.4 Å². The number of benzene rings is 1. The van der Waals surface area contributed by atoms with Gasteiger partial charge in [0.15, 0.2) is 0 Å². The standard InChI is InChI=1S/C17H18N2OS/c1-10(2)12-5-7-13(8-6-12)15-16(19-20-17(15)18)14-9-4-11(3)21-14/h4-10H,18H2,1-3H3. The average molecular weight is 298 g/mol. The topological polar surface area (TPSA) is 52.0 Å². The van der Waals surface area contributed by atoms with Gasteiger partial charge in [-0.1, -0.05) is 43.3 Å². The molecule has 0 saturated heterocycles. The maximum atomic E-state index is 5.99. The predicted molar refractivity (Wildman–Crippen MR) is 88.5 cm³/mol. The molecule has 3 nitrogen and oxygen atoms in total. The second-order valence-corrected chi connectivity index (χ2v) is 6.75. The van der Waals surface area contributed by atoms with Crippen LogP contribution in [0.25, 0.3) is 21.7 Å². The number of nitrogens with two attached hydrogens (primary N) is 1. The van der Waals surface area contributed by atoms with Gasteiger partial charge in [0.2, 0.25) is 5.88 Å². The fraction of sp³-hybridized carbons (Fsp3) is 0.235. The lowest BCUT2D eigenvalue weighted by Crippen LogP contribution is -1.89. The van der Waals surface area contributed by atoms with Crippen LogP contribution in [-0.2, 0) is 0 Å². The maximum Gasteiger partial charge on any atom is 0.230 e. The number of rotatable bonds is 3. The van der Waals surface area contributed by atoms with E-state index in [9.17, 15) is 0 Å². The van der Waals surface area contributed by atoms with Crippen molar-refractivity contribution in [3.05, 3.63) is 46.8 Å². The highest BCUT2D eigenvalue weighted by atomic mass is 32.1. The second kappa shape index (κ2) is 5.37. The molecule has 4 heteroatoms. The summed E-state index contributed by atoms with van der Waals surface area (Å²) in [6, 6.07) is 12.6. The molecule has 0 atom stereocenters. The fourth-order valence-electron chi connectivity index (χ4n) is 2.35. The minimum absolute atomic E-state index is 0.369. The van der Waals surface area contributed by atoms with Crippen LogP contribution in [0.15, 0.2) is 40.9 Å². The molecule has 3 rings (SSSR count). The minimum atomic E-state index is 0.369. The molecule has 0 radical (unpaired) electrons. The lowest BCUT2D eigenvalue weighted by atomic mass is 9.98. The zero-order valence-electron chi connectivity index (χ0n) is 12.4. The largest absolute Gasteiger partial charge is 0.367 e. The van der Waals surface area contributed by atoms with Gasteiger partial charge in [-0.25, -0.2) is 0 Å². The molecule has 2 heterocycles. The fourth-order valence-corrected chi connectivity index (χ4v) is 3.20. The Hall–Kier alpha value is -2.07. The molecule has 0 spiro atoms. The van der Waals surface area contributed by atoms with Crippen molar-refractivity contribution in [2.75, 3.05) is 5.73 Å². The highest BCUT2D eigenvalue weighted by Crippen LogP contribution is 2.39. The maximum absolute atomic E-state index is 5.99. The summed E-state index contributed by atoms with van der Waals surface area (Å²) in [5.74, 6) is 0.881. The Morgan fingerprint density at radius 2 is 1.81 bits per heavy atom. The molecule has 0 aliphatic rings. The van der Waals surface area contributed by atoms with Crippen LogP contribution >= 0.6 is 11.3 Å². The first kappa shape index (κ1) is 13.9. The van der Waals surface area contributed by atoms with Crippen molar-refractivity contribution in [1.82, 2.24) is 5.16 Å². The van der Waals surface area contributed by atoms with Gasteiger partial charge in [-0.15, -0.1) is 11.3 Å². The van der Waals surface area contributed by atoms with Crippen LogP contribution in [-0.4, -0.2) is 5.16 Å². The Bertz CT molecular complexity index is 753. The number of anilines is 1. The lowest BCUT2D eigenvalue weighted by Gasteiger charge is -2.07. The highest BCUT2D eigenvalue weighted by Gasteiger charge is 2.18. The van der Waals surface area contributed by atoms with E-state index in [1.54, 1.807) is 11.3 Å². The van der Waals surface area contributed by atoms with Crippen LogP contribution in [0.4, 0.5) is 5.88 Å². The quantitative estimate of drug-likeness (QED) is 0.733. The van der Waals surface area contributed by atoms with Gasteiger partial charge >= 0.3 is 0 Å². The van der Waals surface area contributed by atoms with Crippen LogP contribution in [0.2, 0.25) is 0 Å². The first-order valence-corrected chi connectivity index (χ1v) is 7.80. The molecule has 0 amide bonds. The third-order valence-corrected chi connectivity index (χ3v) is 4.57. The number of nitrogen functional groups attached to an aromatic ring is 1. The summed E-state index contributed by atoms with van der Waals surface area (Å²) >= 11 is 1.69. The van der Waals surface area contributed by atoms with E-state index in [1.807, 2.05) is 0 Å². The molecule has 2 aromatic heterocycles. The monoisotopic (exact) mass is 298 g/mol. The second-order valence-electron chi connectivity index (χ2n) is 5.46. The molecule has 2 N–H and O–H groups in total. The molecule has 108 valence electrons. The third kappa shape index (κ3) is 2.59. The van der Waals surface area contributed by atoms with Gasteiger partial charge in [-0.05, 0) is 36.1 Å². The van der Waals surface area contributed by atoms with E-state index in [2.05, 4.69) is 62.3 Å². The molecular weight excluding hydrogens is 280 g/mol. The zero-order chi connectivity index (χ0) is 15.0. The van der Waals surface area contributed by atoms with Gasteiger partial charge in [-0.2, -0.15) is 0 Å². The Kier molecular flexibility index (Phi) is 3.55. The Labute approximate surface area is 128 Å². The van der Waals surface area contributed by atoms with E-state index < -0.39 is 0 Å². The molecule has 21 heavy (non-hydrogen) atoms. The molecule has 0 aliphatic carbocycles. The van der Waals surface area contributed by atoms with Gasteiger partial charge in [-0.3, -0.25) is 0 Å². The summed E-state index contributed by atoms with van der Waals surface area (Å²) in [6.07, 6.45) is 0. The van der Waals surface area contributed by atoms with Crippen molar-refractivity contribution in [2.45, 2.75) is 26.7 Å². The summed E-state index contributed by atoms with van der Waals surface area (Å²) < 4.78 is 5.23. The van der Waals surface area contributed by atoms with E-state index in [1.165, 1.54) is 10.4 Å². The number of hydrogen-bond acceptors (Lipinski definition) is 4. The van der Waals surface area contributed by atoms with E-state index in [0.717, 1.165) is 21.7 Å². The molecule has 3 aromatic rings. The van der Waals surface area contributed by atoms with Crippen molar-refractivity contribution >= 4 is 17.2 Å². The SMILES string of the molecule is Cc1ccc(-c2noc(N)c2-c2ccc(C(C)C)cc2)s1. The molecule has 0 fully saturated rings. The lowest BCUT2D eigenvalue weighted by molar-refractivity contribution is 0.439. The molecule has 0 aliphatic heterocycles. The molecular formula is C17H18N2OS. The predicted octanol–water partition coefficient (Wildman–Crippen LogP) is 5.08. The minimum Gasteiger partial charge on any atom is -0.367 e. The van der Waals surface area contributed by atoms with E-state index >= 15 is 0 Å². The van der Waals surface area contributed by atoms with Crippen molar-refractivity contribution in [2.24, 2.45) is 0 Å². The van der Waals surface area contributed by atoms with Crippen molar-refractivity contribution in [3.63, 3.8) is 0 Å². The number of nitrogens with zero attached hydrogens (tertiary/aromatic N) is 1. The highest BCUT2D eigenvalue weighted by molar-refractivity contribution is 7.15. The van der Waals surface area contributed by atoms with Crippen molar-refractivity contribution in [3.8, 4) is 21.7 Å². The molecule has 1 aromatic carbocycles. The summed E-state index contributed by atoms with van der Waals surface area (Å²) in [6.45, 7) is 6.44. The summed E-state index contributed by atoms with van der Waals surface area (Å²) in [5.41, 5.74) is 10.0. The number of hydrogen-bond donors (Lipinski definition) is 1. The Morgan fingerprint density at radius 3 is 2.38 bits per heavy atom. The molecule has 0 bridgehead atoms. The van der Waals surface area contributed by atoms with Crippen molar-refractivity contribution < 1.29 is 4.52 Å². The summed E-state index contributed by atoms with van der Waals surface area (Å²) in [7, 11) is 0. The van der Waals surface area contributed by atoms with Gasteiger partial charge in [0.1, 0.15) is 5.69 Å². The van der Waals surface area contributed by atoms with Crippen LogP contribution in [0.3, 0.4) is 0 Å². The normalized spacial score (nSPS) is 11.2. The Morgan fingerprint density at radius 1 is 1.10 bits per heavy atom. The van der Waals surface area contributed by atoms with Crippen LogP contribution in [0, 0.1) is 6.92 Å². The first-order valence-electron chi connectivity index (χ1n) is 6.98. The van der Waals surface area contributed by atoms with Gasteiger partial charge in [0.25, 0.3) is 0 Å². The summed E-state index contributed by atoms with van der Waals surface area (Å²) in [4.78, 5) is 2.32. The van der Waals surface area contributed by atoms with Gasteiger partial charge < -0.3 is 10.3 Å². The molecule has 0 saturated carbocycles. The van der Waals surface area contributed by atoms with E-state index in [-0.39, 0.29) is 0 Å². The van der Waals surface area contributed by atoms with Crippen LogP contribution in [0.1, 0.15) is 30.2 Å². The van der Waals surface area contributed by atoms with Crippen LogP contribution in [0.5, 0.6) is 0 Å². The van der Waals surface area contributed by atoms with Crippen molar-refractivity contribution in [1.29, 1.82) is 0 Å². The number of thiophene rings is 1. The van der Waals surface area contributed by atoms with E-state index in [0.29, 0.717) is 11.8 Å². The smallest absolute Gasteiger partial charge is 0.230 e. The first-order chi connectivity index (χ1) is 10.1. The number of aryl methyl sites for hydroxylation is 1. The van der Waals surface area contributed by atoms with E-state index in [4.69, 9.17) is 10.3 Å². The third-order valence-electron chi connectivity index (χ3n) is 3.56. The Balaban J connectivity index is 2.08. The van der Waals surface area contributed by atoms with Crippen LogP contribution < -0.4 is 5.73 Å². The summed E-state index contributed by atoms with van der Waals surface area (Å²) in [5, 5.41) is 4.14. The average Bonchev–Trinajstić information content (AvgIpc) is 3.05. The molecule has 0 unspecified atom stereocenters. The van der Waals surface area contributed by atoms with Gasteiger partial charge in [0, 0.05) is 4.88 Å².